The number of rotatable bonds is 9. The summed E-state index contributed by atoms with van der Waals surface area (Å²) in [6, 6.07) is 21.4. The van der Waals surface area contributed by atoms with Gasteiger partial charge in [0.25, 0.3) is 0 Å². The van der Waals surface area contributed by atoms with Gasteiger partial charge in [-0.3, -0.25) is 0 Å². The first kappa shape index (κ1) is 24.7. The van der Waals surface area contributed by atoms with E-state index in [1.807, 2.05) is 50.2 Å². The lowest BCUT2D eigenvalue weighted by Gasteiger charge is -2.43. The van der Waals surface area contributed by atoms with Crippen LogP contribution in [-0.2, 0) is 16.0 Å². The van der Waals surface area contributed by atoms with Crippen LogP contribution in [0.15, 0.2) is 72.8 Å². The number of carbonyl (C=O) groups is 1. The van der Waals surface area contributed by atoms with E-state index in [0.29, 0.717) is 18.9 Å². The van der Waals surface area contributed by atoms with E-state index in [-0.39, 0.29) is 5.56 Å². The Labute approximate surface area is 206 Å². The predicted molar refractivity (Wildman–Crippen MR) is 134 cm³/mol. The Balaban J connectivity index is 1.61. The predicted octanol–water partition coefficient (Wildman–Crippen LogP) is 6.69. The molecule has 0 saturated heterocycles. The monoisotopic (exact) mass is 477 g/mol. The highest BCUT2D eigenvalue weighted by Gasteiger charge is 2.47. The van der Waals surface area contributed by atoms with Crippen LogP contribution >= 0.6 is 0 Å². The van der Waals surface area contributed by atoms with E-state index < -0.39 is 29.6 Å². The Morgan fingerprint density at radius 1 is 1.06 bits per heavy atom. The number of anilines is 1. The lowest BCUT2D eigenvalue weighted by Crippen LogP contribution is -2.51. The standard InChI is InChI=1S/C29H32FNO4/c1-4-5-17-33-26-24-18-23(31-19-20-9-7-6-8-10-20)15-16-25(24)35-29(2,3)27(26)34-28(32)21-11-13-22(30)14-12-21/h6-16,18,26-27,31H,4-5,17,19H2,1-3H3. The molecule has 1 aliphatic heterocycles. The molecule has 0 radical (unpaired) electrons. The van der Waals surface area contributed by atoms with Crippen molar-refractivity contribution in [1.29, 1.82) is 0 Å². The Hall–Kier alpha value is -3.38. The summed E-state index contributed by atoms with van der Waals surface area (Å²) in [4.78, 5) is 13.0. The molecule has 0 bridgehead atoms. The summed E-state index contributed by atoms with van der Waals surface area (Å²) in [5.41, 5.74) is 2.36. The number of hydrogen-bond donors (Lipinski definition) is 1. The number of halogens is 1. The molecule has 184 valence electrons. The van der Waals surface area contributed by atoms with Crippen LogP contribution in [0.2, 0.25) is 0 Å². The fraction of sp³-hybridized carbons (Fsp3) is 0.345. The summed E-state index contributed by atoms with van der Waals surface area (Å²) in [7, 11) is 0. The first-order chi connectivity index (χ1) is 16.9. The third-order valence-corrected chi connectivity index (χ3v) is 6.10. The molecule has 3 aromatic rings. The van der Waals surface area contributed by atoms with Crippen LogP contribution in [0.5, 0.6) is 5.75 Å². The summed E-state index contributed by atoms with van der Waals surface area (Å²) in [5.74, 6) is -0.249. The van der Waals surface area contributed by atoms with Gasteiger partial charge in [0.1, 0.15) is 23.3 Å². The van der Waals surface area contributed by atoms with Crippen LogP contribution < -0.4 is 10.1 Å². The lowest BCUT2D eigenvalue weighted by atomic mass is 9.87. The van der Waals surface area contributed by atoms with Crippen molar-refractivity contribution in [2.75, 3.05) is 11.9 Å². The molecule has 0 aliphatic carbocycles. The Morgan fingerprint density at radius 2 is 1.80 bits per heavy atom. The number of carbonyl (C=O) groups excluding carboxylic acids is 1. The molecular formula is C29H32FNO4. The van der Waals surface area contributed by atoms with Crippen LogP contribution in [0, 0.1) is 5.82 Å². The summed E-state index contributed by atoms with van der Waals surface area (Å²) in [6.07, 6.45) is 0.660. The molecule has 2 unspecified atom stereocenters. The van der Waals surface area contributed by atoms with Crippen LogP contribution in [0.1, 0.15) is 61.2 Å². The second-order valence-corrected chi connectivity index (χ2v) is 9.28. The maximum Gasteiger partial charge on any atom is 0.338 e. The van der Waals surface area contributed by atoms with Gasteiger partial charge < -0.3 is 19.5 Å². The van der Waals surface area contributed by atoms with Gasteiger partial charge in [-0.05, 0) is 68.3 Å². The maximum atomic E-state index is 13.3. The molecule has 0 amide bonds. The Kier molecular flexibility index (Phi) is 7.71. The molecule has 35 heavy (non-hydrogen) atoms. The average Bonchev–Trinajstić information content (AvgIpc) is 2.85. The van der Waals surface area contributed by atoms with Crippen molar-refractivity contribution in [3.63, 3.8) is 0 Å². The van der Waals surface area contributed by atoms with E-state index in [1.54, 1.807) is 0 Å². The van der Waals surface area contributed by atoms with Crippen LogP contribution in [0.4, 0.5) is 10.1 Å². The van der Waals surface area contributed by atoms with Gasteiger partial charge in [0.2, 0.25) is 0 Å². The molecule has 6 heteroatoms. The van der Waals surface area contributed by atoms with Crippen molar-refractivity contribution in [1.82, 2.24) is 0 Å². The second-order valence-electron chi connectivity index (χ2n) is 9.28. The molecule has 3 aromatic carbocycles. The van der Waals surface area contributed by atoms with E-state index in [1.165, 1.54) is 29.8 Å². The first-order valence-electron chi connectivity index (χ1n) is 12.1. The van der Waals surface area contributed by atoms with E-state index >= 15 is 0 Å². The van der Waals surface area contributed by atoms with Gasteiger partial charge in [-0.1, -0.05) is 43.7 Å². The van der Waals surface area contributed by atoms with Crippen LogP contribution in [0.25, 0.3) is 0 Å². The molecule has 1 heterocycles. The second kappa shape index (κ2) is 10.9. The molecule has 1 aliphatic rings. The quantitative estimate of drug-likeness (QED) is 0.275. The number of unbranched alkanes of at least 4 members (excludes halogenated alkanes) is 1. The SMILES string of the molecule is CCCCOC1c2cc(NCc3ccccc3)ccc2OC(C)(C)C1OC(=O)c1ccc(F)cc1. The third kappa shape index (κ3) is 6.01. The van der Waals surface area contributed by atoms with Crippen molar-refractivity contribution in [2.45, 2.75) is 58.0 Å². The Bertz CT molecular complexity index is 1130. The number of fused-ring (bicyclic) bond motifs is 1. The molecule has 2 atom stereocenters. The highest BCUT2D eigenvalue weighted by Crippen LogP contribution is 2.44. The van der Waals surface area contributed by atoms with Gasteiger partial charge in [0.05, 0.1) is 5.56 Å². The number of benzene rings is 3. The lowest BCUT2D eigenvalue weighted by molar-refractivity contribution is -0.140. The van der Waals surface area contributed by atoms with Gasteiger partial charge in [0.15, 0.2) is 6.10 Å². The number of hydrogen-bond acceptors (Lipinski definition) is 5. The third-order valence-electron chi connectivity index (χ3n) is 6.10. The minimum absolute atomic E-state index is 0.276. The zero-order chi connectivity index (χ0) is 24.8. The van der Waals surface area contributed by atoms with Crippen LogP contribution in [0.3, 0.4) is 0 Å². The Morgan fingerprint density at radius 3 is 2.51 bits per heavy atom. The zero-order valence-electron chi connectivity index (χ0n) is 20.4. The summed E-state index contributed by atoms with van der Waals surface area (Å²) in [5, 5.41) is 3.45. The van der Waals surface area contributed by atoms with Crippen molar-refractivity contribution in [3.05, 3.63) is 95.3 Å². The highest BCUT2D eigenvalue weighted by molar-refractivity contribution is 5.89. The van der Waals surface area contributed by atoms with Crippen molar-refractivity contribution in [3.8, 4) is 5.75 Å². The number of nitrogens with one attached hydrogen (secondary N) is 1. The molecule has 1 N–H and O–H groups in total. The number of ether oxygens (including phenoxy) is 3. The van der Waals surface area contributed by atoms with Gasteiger partial charge in [-0.2, -0.15) is 0 Å². The first-order valence-corrected chi connectivity index (χ1v) is 12.1. The maximum absolute atomic E-state index is 13.3. The van der Waals surface area contributed by atoms with E-state index in [0.717, 1.165) is 24.1 Å². The fourth-order valence-corrected chi connectivity index (χ4v) is 4.15. The van der Waals surface area contributed by atoms with E-state index in [4.69, 9.17) is 14.2 Å². The van der Waals surface area contributed by atoms with Gasteiger partial charge >= 0.3 is 5.97 Å². The summed E-state index contributed by atoms with van der Waals surface area (Å²) < 4.78 is 31.9. The normalized spacial score (nSPS) is 18.3. The largest absolute Gasteiger partial charge is 0.483 e. The van der Waals surface area contributed by atoms with Gasteiger partial charge in [0, 0.05) is 24.4 Å². The van der Waals surface area contributed by atoms with E-state index in [9.17, 15) is 9.18 Å². The minimum Gasteiger partial charge on any atom is -0.483 e. The minimum atomic E-state index is -0.835. The van der Waals surface area contributed by atoms with Crippen LogP contribution in [-0.4, -0.2) is 24.3 Å². The van der Waals surface area contributed by atoms with Crippen molar-refractivity contribution >= 4 is 11.7 Å². The average molecular weight is 478 g/mol. The zero-order valence-corrected chi connectivity index (χ0v) is 20.4. The number of esters is 1. The van der Waals surface area contributed by atoms with Gasteiger partial charge in [-0.25, -0.2) is 9.18 Å². The summed E-state index contributed by atoms with van der Waals surface area (Å²) in [6.45, 7) is 7.08. The van der Waals surface area contributed by atoms with E-state index in [2.05, 4.69) is 24.4 Å². The molecular weight excluding hydrogens is 445 g/mol. The topological polar surface area (TPSA) is 56.8 Å². The molecule has 0 saturated carbocycles. The summed E-state index contributed by atoms with van der Waals surface area (Å²) >= 11 is 0. The molecule has 0 spiro atoms. The molecule has 4 rings (SSSR count). The smallest absolute Gasteiger partial charge is 0.338 e. The molecule has 5 nitrogen and oxygen atoms in total. The van der Waals surface area contributed by atoms with Crippen molar-refractivity contribution < 1.29 is 23.4 Å². The fourth-order valence-electron chi connectivity index (χ4n) is 4.15. The van der Waals surface area contributed by atoms with Crippen molar-refractivity contribution in [2.24, 2.45) is 0 Å². The highest BCUT2D eigenvalue weighted by atomic mass is 19.1. The molecule has 0 aromatic heterocycles. The molecule has 0 fully saturated rings. The van der Waals surface area contributed by atoms with Gasteiger partial charge in [-0.15, -0.1) is 0 Å².